The maximum Gasteiger partial charge on any atom is 0.334 e. The lowest BCUT2D eigenvalue weighted by atomic mass is 10.2. The van der Waals surface area contributed by atoms with E-state index in [1.54, 1.807) is 11.8 Å². The van der Waals surface area contributed by atoms with Gasteiger partial charge in [0.15, 0.2) is 0 Å². The van der Waals surface area contributed by atoms with Crippen molar-refractivity contribution in [3.05, 3.63) is 21.1 Å². The lowest BCUT2D eigenvalue weighted by Gasteiger charge is -2.27. The van der Waals surface area contributed by atoms with Crippen LogP contribution in [0.25, 0.3) is 0 Å². The smallest absolute Gasteiger partial charge is 0.334 e. The standard InChI is InChI=1S/C10H14ClN5O3/c1-6(12)7-8(16(17)18)9(14-10(11)13-7)15-2-4-19-5-3-15/h6H,2-5,12H2,1H3. The Morgan fingerprint density at radius 3 is 2.63 bits per heavy atom. The van der Waals surface area contributed by atoms with Crippen LogP contribution in [0.15, 0.2) is 0 Å². The number of anilines is 1. The van der Waals surface area contributed by atoms with Crippen LogP contribution in [-0.4, -0.2) is 41.2 Å². The van der Waals surface area contributed by atoms with Crippen LogP contribution in [0.3, 0.4) is 0 Å². The molecule has 0 amide bonds. The molecule has 9 heteroatoms. The average molecular weight is 288 g/mol. The van der Waals surface area contributed by atoms with E-state index in [9.17, 15) is 10.1 Å². The van der Waals surface area contributed by atoms with Gasteiger partial charge in [0.25, 0.3) is 0 Å². The van der Waals surface area contributed by atoms with Gasteiger partial charge in [0, 0.05) is 13.1 Å². The lowest BCUT2D eigenvalue weighted by Crippen LogP contribution is -2.37. The molecule has 1 aromatic heterocycles. The van der Waals surface area contributed by atoms with Crippen LogP contribution >= 0.6 is 11.6 Å². The highest BCUT2D eigenvalue weighted by molar-refractivity contribution is 6.28. The van der Waals surface area contributed by atoms with Gasteiger partial charge in [-0.25, -0.2) is 4.98 Å². The van der Waals surface area contributed by atoms with Crippen molar-refractivity contribution in [3.63, 3.8) is 0 Å². The third-order valence-corrected chi connectivity index (χ3v) is 2.96. The maximum atomic E-state index is 11.3. The van der Waals surface area contributed by atoms with Crippen LogP contribution in [0.4, 0.5) is 11.5 Å². The number of ether oxygens (including phenoxy) is 1. The number of rotatable bonds is 3. The summed E-state index contributed by atoms with van der Waals surface area (Å²) in [6.07, 6.45) is 0. The summed E-state index contributed by atoms with van der Waals surface area (Å²) in [7, 11) is 0. The molecule has 2 rings (SSSR count). The molecule has 1 aliphatic rings. The van der Waals surface area contributed by atoms with Crippen molar-refractivity contribution in [2.45, 2.75) is 13.0 Å². The van der Waals surface area contributed by atoms with Crippen LogP contribution in [0.1, 0.15) is 18.7 Å². The minimum absolute atomic E-state index is 0.0422. The van der Waals surface area contributed by atoms with Crippen molar-refractivity contribution in [1.82, 2.24) is 9.97 Å². The second kappa shape index (κ2) is 5.64. The number of nitro groups is 1. The molecule has 104 valence electrons. The Bertz CT molecular complexity index is 490. The minimum Gasteiger partial charge on any atom is -0.378 e. The van der Waals surface area contributed by atoms with E-state index >= 15 is 0 Å². The average Bonchev–Trinajstić information content (AvgIpc) is 2.38. The van der Waals surface area contributed by atoms with E-state index in [1.807, 2.05) is 0 Å². The number of halogens is 1. The van der Waals surface area contributed by atoms with Gasteiger partial charge in [-0.15, -0.1) is 0 Å². The molecule has 1 fully saturated rings. The summed E-state index contributed by atoms with van der Waals surface area (Å²) in [6.45, 7) is 3.65. The first kappa shape index (κ1) is 13.9. The molecule has 2 N–H and O–H groups in total. The minimum atomic E-state index is -0.597. The van der Waals surface area contributed by atoms with Crippen molar-refractivity contribution in [2.75, 3.05) is 31.2 Å². The molecular formula is C10H14ClN5O3. The number of nitrogens with zero attached hydrogens (tertiary/aromatic N) is 4. The summed E-state index contributed by atoms with van der Waals surface area (Å²) in [5.74, 6) is 0.209. The number of hydrogen-bond acceptors (Lipinski definition) is 7. The summed E-state index contributed by atoms with van der Waals surface area (Å²) in [5, 5.41) is 11.2. The zero-order valence-corrected chi connectivity index (χ0v) is 11.1. The third kappa shape index (κ3) is 2.91. The SMILES string of the molecule is CC(N)c1nc(Cl)nc(N2CCOCC2)c1[N+](=O)[O-]. The highest BCUT2D eigenvalue weighted by Gasteiger charge is 2.30. The van der Waals surface area contributed by atoms with Crippen molar-refractivity contribution < 1.29 is 9.66 Å². The van der Waals surface area contributed by atoms with E-state index in [-0.39, 0.29) is 22.5 Å². The van der Waals surface area contributed by atoms with E-state index < -0.39 is 11.0 Å². The molecule has 0 aromatic carbocycles. The molecule has 1 atom stereocenters. The molecule has 1 aliphatic heterocycles. The molecule has 0 aliphatic carbocycles. The molecular weight excluding hydrogens is 274 g/mol. The van der Waals surface area contributed by atoms with Crippen molar-refractivity contribution in [3.8, 4) is 0 Å². The van der Waals surface area contributed by atoms with Crippen molar-refractivity contribution in [2.24, 2.45) is 5.73 Å². The Hall–Kier alpha value is -1.51. The van der Waals surface area contributed by atoms with E-state index in [0.29, 0.717) is 26.3 Å². The molecule has 19 heavy (non-hydrogen) atoms. The Labute approximate surface area is 114 Å². The Balaban J connectivity index is 2.53. The molecule has 0 radical (unpaired) electrons. The Kier molecular flexibility index (Phi) is 4.13. The number of aromatic nitrogens is 2. The Morgan fingerprint density at radius 2 is 2.11 bits per heavy atom. The van der Waals surface area contributed by atoms with Gasteiger partial charge in [0.2, 0.25) is 11.1 Å². The molecule has 2 heterocycles. The molecule has 0 saturated carbocycles. The van der Waals surface area contributed by atoms with Gasteiger partial charge in [-0.2, -0.15) is 4.98 Å². The van der Waals surface area contributed by atoms with E-state index in [2.05, 4.69) is 9.97 Å². The summed E-state index contributed by atoms with van der Waals surface area (Å²) in [4.78, 5) is 20.4. The summed E-state index contributed by atoms with van der Waals surface area (Å²) >= 11 is 5.83. The fourth-order valence-electron chi connectivity index (χ4n) is 1.92. The van der Waals surface area contributed by atoms with Gasteiger partial charge in [0.05, 0.1) is 24.2 Å². The molecule has 8 nitrogen and oxygen atoms in total. The van der Waals surface area contributed by atoms with Crippen LogP contribution in [0.5, 0.6) is 0 Å². The summed E-state index contributed by atoms with van der Waals surface area (Å²) in [6, 6.07) is -0.597. The highest BCUT2D eigenvalue weighted by atomic mass is 35.5. The summed E-state index contributed by atoms with van der Waals surface area (Å²) < 4.78 is 5.22. The van der Waals surface area contributed by atoms with Crippen LogP contribution in [0.2, 0.25) is 5.28 Å². The first-order valence-electron chi connectivity index (χ1n) is 5.80. The van der Waals surface area contributed by atoms with Gasteiger partial charge >= 0.3 is 5.69 Å². The largest absolute Gasteiger partial charge is 0.378 e. The van der Waals surface area contributed by atoms with Crippen LogP contribution < -0.4 is 10.6 Å². The number of hydrogen-bond donors (Lipinski definition) is 1. The molecule has 1 unspecified atom stereocenters. The highest BCUT2D eigenvalue weighted by Crippen LogP contribution is 2.33. The number of nitrogens with two attached hydrogens (primary N) is 1. The fourth-order valence-corrected chi connectivity index (χ4v) is 2.09. The maximum absolute atomic E-state index is 11.3. The van der Waals surface area contributed by atoms with Gasteiger partial charge in [-0.3, -0.25) is 10.1 Å². The number of morpholine rings is 1. The normalized spacial score (nSPS) is 17.3. The van der Waals surface area contributed by atoms with Gasteiger partial charge in [0.1, 0.15) is 5.69 Å². The topological polar surface area (TPSA) is 107 Å². The van der Waals surface area contributed by atoms with Crippen molar-refractivity contribution in [1.29, 1.82) is 0 Å². The molecule has 1 aromatic rings. The van der Waals surface area contributed by atoms with Crippen molar-refractivity contribution >= 4 is 23.1 Å². The fraction of sp³-hybridized carbons (Fsp3) is 0.600. The van der Waals surface area contributed by atoms with Crippen LogP contribution in [-0.2, 0) is 4.74 Å². The lowest BCUT2D eigenvalue weighted by molar-refractivity contribution is -0.385. The monoisotopic (exact) mass is 287 g/mol. The Morgan fingerprint density at radius 1 is 1.47 bits per heavy atom. The third-order valence-electron chi connectivity index (χ3n) is 2.79. The van der Waals surface area contributed by atoms with E-state index in [0.717, 1.165) is 0 Å². The second-order valence-corrected chi connectivity index (χ2v) is 4.53. The zero-order valence-electron chi connectivity index (χ0n) is 10.4. The molecule has 0 spiro atoms. The quantitative estimate of drug-likeness (QED) is 0.500. The van der Waals surface area contributed by atoms with Gasteiger partial charge < -0.3 is 15.4 Å². The van der Waals surface area contributed by atoms with Gasteiger partial charge in [-0.1, -0.05) is 0 Å². The predicted octanol–water partition coefficient (Wildman–Crippen LogP) is 0.895. The van der Waals surface area contributed by atoms with Gasteiger partial charge in [-0.05, 0) is 18.5 Å². The molecule has 0 bridgehead atoms. The first-order valence-corrected chi connectivity index (χ1v) is 6.18. The van der Waals surface area contributed by atoms with E-state index in [4.69, 9.17) is 22.1 Å². The first-order chi connectivity index (χ1) is 9.00. The summed E-state index contributed by atoms with van der Waals surface area (Å²) in [5.41, 5.74) is 5.69. The second-order valence-electron chi connectivity index (χ2n) is 4.20. The van der Waals surface area contributed by atoms with E-state index in [1.165, 1.54) is 0 Å². The molecule has 1 saturated heterocycles. The van der Waals surface area contributed by atoms with Crippen LogP contribution in [0, 0.1) is 10.1 Å². The zero-order chi connectivity index (χ0) is 14.0. The predicted molar refractivity (Wildman–Crippen MR) is 69.3 cm³/mol.